The molecular weight excluding hydrogens is 360 g/mol. The zero-order valence-corrected chi connectivity index (χ0v) is 14.3. The van der Waals surface area contributed by atoms with Crippen molar-refractivity contribution in [3.8, 4) is 0 Å². The number of hydrogen-bond acceptors (Lipinski definition) is 5. The second-order valence-electron chi connectivity index (χ2n) is 5.06. The summed E-state index contributed by atoms with van der Waals surface area (Å²) in [7, 11) is 0. The number of nitrogens with zero attached hydrogens (tertiary/aromatic N) is 1. The standard InChI is InChI=1S/C15H14Cl2FN3OS/c16-12-5-10(20-7-9-2-1-3-22-9)15-14(21-12)13(17)11(23-15)4-8(19)6-18/h1-3,5,8H,4,6-7,19H2,(H,20,21)/t8-/m1/s1. The van der Waals surface area contributed by atoms with Crippen LogP contribution in [0.25, 0.3) is 10.2 Å². The molecule has 0 amide bonds. The Bertz CT molecular complexity index is 807. The van der Waals surface area contributed by atoms with Gasteiger partial charge in [0.25, 0.3) is 0 Å². The fraction of sp³-hybridized carbons (Fsp3) is 0.267. The highest BCUT2D eigenvalue weighted by Gasteiger charge is 2.18. The highest BCUT2D eigenvalue weighted by molar-refractivity contribution is 7.20. The van der Waals surface area contributed by atoms with Gasteiger partial charge in [0.15, 0.2) is 0 Å². The smallest absolute Gasteiger partial charge is 0.131 e. The monoisotopic (exact) mass is 373 g/mol. The summed E-state index contributed by atoms with van der Waals surface area (Å²) in [6.45, 7) is -0.0837. The number of pyridine rings is 1. The SMILES string of the molecule is N[C@@H](CF)Cc1sc2c(NCc3ccco3)cc(Cl)nc2c1Cl. The van der Waals surface area contributed by atoms with Crippen LogP contribution in [0, 0.1) is 0 Å². The third-order valence-electron chi connectivity index (χ3n) is 3.30. The second kappa shape index (κ2) is 7.05. The summed E-state index contributed by atoms with van der Waals surface area (Å²) >= 11 is 13.9. The van der Waals surface area contributed by atoms with Crippen LogP contribution in [0.1, 0.15) is 10.6 Å². The van der Waals surface area contributed by atoms with Crippen molar-refractivity contribution < 1.29 is 8.81 Å². The van der Waals surface area contributed by atoms with E-state index in [0.717, 1.165) is 21.0 Å². The first-order valence-corrected chi connectivity index (χ1v) is 8.51. The van der Waals surface area contributed by atoms with E-state index in [2.05, 4.69) is 10.3 Å². The molecule has 3 aromatic heterocycles. The first-order valence-electron chi connectivity index (χ1n) is 6.93. The van der Waals surface area contributed by atoms with Crippen molar-refractivity contribution in [2.45, 2.75) is 19.0 Å². The van der Waals surface area contributed by atoms with E-state index in [0.29, 0.717) is 28.7 Å². The zero-order valence-electron chi connectivity index (χ0n) is 12.0. The molecule has 23 heavy (non-hydrogen) atoms. The number of fused-ring (bicyclic) bond motifs is 1. The molecule has 0 aromatic carbocycles. The highest BCUT2D eigenvalue weighted by atomic mass is 35.5. The number of hydrogen-bond donors (Lipinski definition) is 2. The number of aromatic nitrogens is 1. The van der Waals surface area contributed by atoms with Crippen molar-refractivity contribution in [3.63, 3.8) is 0 Å². The van der Waals surface area contributed by atoms with Gasteiger partial charge in [0, 0.05) is 23.4 Å². The number of nitrogens with one attached hydrogen (secondary N) is 1. The van der Waals surface area contributed by atoms with Crippen molar-refractivity contribution in [2.75, 3.05) is 12.0 Å². The summed E-state index contributed by atoms with van der Waals surface area (Å²) < 4.78 is 18.8. The molecule has 0 saturated carbocycles. The number of nitrogens with two attached hydrogens (primary N) is 1. The Morgan fingerprint density at radius 1 is 1.43 bits per heavy atom. The molecule has 0 aliphatic heterocycles. The van der Waals surface area contributed by atoms with Crippen molar-refractivity contribution in [2.24, 2.45) is 5.73 Å². The Morgan fingerprint density at radius 2 is 2.26 bits per heavy atom. The van der Waals surface area contributed by atoms with Crippen LogP contribution in [0.15, 0.2) is 28.9 Å². The van der Waals surface area contributed by atoms with E-state index in [1.807, 2.05) is 12.1 Å². The zero-order chi connectivity index (χ0) is 16.4. The van der Waals surface area contributed by atoms with Crippen LogP contribution in [-0.4, -0.2) is 17.7 Å². The van der Waals surface area contributed by atoms with Crippen LogP contribution >= 0.6 is 34.5 Å². The van der Waals surface area contributed by atoms with Crippen molar-refractivity contribution >= 4 is 50.4 Å². The third-order valence-corrected chi connectivity index (χ3v) is 5.25. The van der Waals surface area contributed by atoms with E-state index < -0.39 is 12.7 Å². The van der Waals surface area contributed by atoms with E-state index in [1.165, 1.54) is 11.3 Å². The first kappa shape index (κ1) is 16.5. The maximum Gasteiger partial charge on any atom is 0.131 e. The number of thiophene rings is 1. The summed E-state index contributed by atoms with van der Waals surface area (Å²) in [6.07, 6.45) is 1.98. The molecule has 3 heterocycles. The van der Waals surface area contributed by atoms with Crippen LogP contribution < -0.4 is 11.1 Å². The van der Waals surface area contributed by atoms with Gasteiger partial charge in [-0.1, -0.05) is 23.2 Å². The molecule has 0 unspecified atom stereocenters. The molecule has 0 radical (unpaired) electrons. The van der Waals surface area contributed by atoms with E-state index in [9.17, 15) is 4.39 Å². The molecule has 0 aliphatic rings. The van der Waals surface area contributed by atoms with Crippen LogP contribution in [0.2, 0.25) is 10.2 Å². The molecule has 3 rings (SSSR count). The summed E-state index contributed by atoms with van der Waals surface area (Å²) in [4.78, 5) is 5.09. The summed E-state index contributed by atoms with van der Waals surface area (Å²) in [5, 5.41) is 4.08. The Labute approximate surface area is 146 Å². The minimum Gasteiger partial charge on any atom is -0.467 e. The van der Waals surface area contributed by atoms with Gasteiger partial charge in [-0.25, -0.2) is 9.37 Å². The molecule has 8 heteroatoms. The van der Waals surface area contributed by atoms with Gasteiger partial charge in [0.05, 0.1) is 28.2 Å². The lowest BCUT2D eigenvalue weighted by atomic mass is 10.2. The van der Waals surface area contributed by atoms with Gasteiger partial charge in [0.1, 0.15) is 23.1 Å². The van der Waals surface area contributed by atoms with Crippen LogP contribution in [0.4, 0.5) is 10.1 Å². The Balaban J connectivity index is 1.95. The minimum absolute atomic E-state index is 0.334. The number of halogens is 3. The molecular formula is C15H14Cl2FN3OS. The first-order chi connectivity index (χ1) is 11.1. The van der Waals surface area contributed by atoms with Crippen molar-refractivity contribution in [3.05, 3.63) is 45.3 Å². The third kappa shape index (κ3) is 3.61. The maximum atomic E-state index is 12.7. The Kier molecular flexibility index (Phi) is 5.06. The quantitative estimate of drug-likeness (QED) is 0.617. The average molecular weight is 374 g/mol. The molecule has 3 aromatic rings. The second-order valence-corrected chi connectivity index (χ2v) is 6.93. The molecule has 4 nitrogen and oxygen atoms in total. The predicted octanol–water partition coefficient (Wildman–Crippen LogP) is 4.65. The van der Waals surface area contributed by atoms with Gasteiger partial charge < -0.3 is 15.5 Å². The van der Waals surface area contributed by atoms with Gasteiger partial charge in [-0.2, -0.15) is 0 Å². The van der Waals surface area contributed by atoms with E-state index in [1.54, 1.807) is 12.3 Å². The molecule has 0 bridgehead atoms. The molecule has 3 N–H and O–H groups in total. The van der Waals surface area contributed by atoms with Gasteiger partial charge in [0.2, 0.25) is 0 Å². The lowest BCUT2D eigenvalue weighted by Gasteiger charge is -2.06. The van der Waals surface area contributed by atoms with Crippen molar-refractivity contribution in [1.82, 2.24) is 4.98 Å². The minimum atomic E-state index is -0.595. The normalized spacial score (nSPS) is 12.7. The summed E-state index contributed by atoms with van der Waals surface area (Å²) in [5.41, 5.74) is 7.10. The van der Waals surface area contributed by atoms with Crippen LogP contribution in [0.3, 0.4) is 0 Å². The molecule has 0 saturated heterocycles. The topological polar surface area (TPSA) is 64.1 Å². The summed E-state index contributed by atoms with van der Waals surface area (Å²) in [5.74, 6) is 0.799. The highest BCUT2D eigenvalue weighted by Crippen LogP contribution is 2.40. The lowest BCUT2D eigenvalue weighted by Crippen LogP contribution is -2.24. The summed E-state index contributed by atoms with van der Waals surface area (Å²) in [6, 6.07) is 4.86. The van der Waals surface area contributed by atoms with Crippen molar-refractivity contribution in [1.29, 1.82) is 0 Å². The van der Waals surface area contributed by atoms with Crippen LogP contribution in [-0.2, 0) is 13.0 Å². The largest absolute Gasteiger partial charge is 0.467 e. The molecule has 0 aliphatic carbocycles. The predicted molar refractivity (Wildman–Crippen MR) is 93.3 cm³/mol. The lowest BCUT2D eigenvalue weighted by molar-refractivity contribution is 0.428. The molecule has 1 atom stereocenters. The van der Waals surface area contributed by atoms with Gasteiger partial charge in [-0.05, 0) is 12.1 Å². The molecule has 122 valence electrons. The number of furan rings is 1. The fourth-order valence-corrected chi connectivity index (χ4v) is 4.00. The van der Waals surface area contributed by atoms with E-state index in [-0.39, 0.29) is 0 Å². The van der Waals surface area contributed by atoms with Crippen LogP contribution in [0.5, 0.6) is 0 Å². The number of rotatable bonds is 6. The van der Waals surface area contributed by atoms with E-state index >= 15 is 0 Å². The number of anilines is 1. The fourth-order valence-electron chi connectivity index (χ4n) is 2.20. The molecule has 0 fully saturated rings. The number of alkyl halides is 1. The average Bonchev–Trinajstić information content (AvgIpc) is 3.15. The van der Waals surface area contributed by atoms with Gasteiger partial charge in [-0.15, -0.1) is 11.3 Å². The Morgan fingerprint density at radius 3 is 2.96 bits per heavy atom. The Hall–Kier alpha value is -1.34. The van der Waals surface area contributed by atoms with E-state index in [4.69, 9.17) is 33.4 Å². The van der Waals surface area contributed by atoms with Gasteiger partial charge in [-0.3, -0.25) is 0 Å². The maximum absolute atomic E-state index is 12.7. The molecule has 0 spiro atoms. The van der Waals surface area contributed by atoms with Gasteiger partial charge >= 0.3 is 0 Å².